The third-order valence-corrected chi connectivity index (χ3v) is 32.6. The molecule has 1 aliphatic heterocycles. The second-order valence-corrected chi connectivity index (χ2v) is 33.5. The molecule has 0 radical (unpaired) electrons. The van der Waals surface area contributed by atoms with Crippen LogP contribution in [0.15, 0.2) is 91.0 Å². The standard InChI is InChI=1S/C28H34NOSi.3C4H9.Sn/c1-27(2,3)31(4,5)30-22-26-21-29(26)28(23-15-9-6-10-16-23,24-17-11-7-12-18-24)25-19-13-8-14-20-25;3*1-3-4-2;/h6-21,26H,22H2,1-5H3;3*1,3-4H2,2H3;/t26-,29?;;;;/m1..../s1. The number of hydrogen-bond donors (Lipinski definition) is 0. The molecule has 2 nitrogen and oxygen atoms in total. The molecule has 0 amide bonds. The van der Waals surface area contributed by atoms with Crippen molar-refractivity contribution in [3.63, 3.8) is 0 Å². The molecule has 240 valence electrons. The summed E-state index contributed by atoms with van der Waals surface area (Å²) in [4.78, 5) is 3.04. The normalized spacial score (nSPS) is 19.2. The van der Waals surface area contributed by atoms with Gasteiger partial charge in [0.2, 0.25) is 0 Å². The van der Waals surface area contributed by atoms with Crippen LogP contribution in [0.5, 0.6) is 0 Å². The van der Waals surface area contributed by atoms with E-state index < -0.39 is 26.7 Å². The van der Waals surface area contributed by atoms with E-state index in [1.807, 2.05) is 0 Å². The summed E-state index contributed by atoms with van der Waals surface area (Å²) in [5.74, 6) is 0. The molecule has 3 aromatic carbocycles. The van der Waals surface area contributed by atoms with Crippen molar-refractivity contribution in [2.24, 2.45) is 0 Å². The van der Waals surface area contributed by atoms with Gasteiger partial charge in [0.25, 0.3) is 0 Å². The van der Waals surface area contributed by atoms with Crippen molar-refractivity contribution in [1.29, 1.82) is 0 Å². The number of unbranched alkanes of at least 4 members (excludes halogenated alkanes) is 3. The van der Waals surface area contributed by atoms with Gasteiger partial charge >= 0.3 is 277 Å². The Labute approximate surface area is 276 Å². The van der Waals surface area contributed by atoms with Crippen molar-refractivity contribution in [2.75, 3.05) is 6.61 Å². The maximum atomic E-state index is 7.22. The first-order valence-corrected chi connectivity index (χ1v) is 28.3. The molecule has 4 rings (SSSR count). The van der Waals surface area contributed by atoms with Crippen LogP contribution >= 0.6 is 0 Å². The monoisotopic (exact) mass is 719 g/mol. The minimum absolute atomic E-state index is 0.199. The topological polar surface area (TPSA) is 12.2 Å². The van der Waals surface area contributed by atoms with Crippen LogP contribution in [-0.2, 0) is 9.96 Å². The predicted octanol–water partition coefficient (Wildman–Crippen LogP) is 11.4. The van der Waals surface area contributed by atoms with E-state index in [0.717, 1.165) is 6.61 Å². The fraction of sp³-hybridized carbons (Fsp3) is 0.550. The number of benzene rings is 3. The summed E-state index contributed by atoms with van der Waals surface area (Å²) >= 11 is -2.77. The summed E-state index contributed by atoms with van der Waals surface area (Å²) < 4.78 is 12.4. The summed E-state index contributed by atoms with van der Waals surface area (Å²) in [6.45, 7) is 20.1. The molecule has 0 N–H and O–H groups in total. The summed E-state index contributed by atoms with van der Waals surface area (Å²) in [7, 11) is -1.92. The van der Waals surface area contributed by atoms with Crippen molar-refractivity contribution < 1.29 is 4.43 Å². The SMILES string of the molecule is CCC[CH2][Sn]([CH2]CCC)([CH2]CCC)[C@@H]1[C@H](CO[Si](C)(C)C(C)(C)C)N1C(c1ccccc1)(c1ccccc1)c1ccccc1. The first kappa shape index (κ1) is 35.4. The van der Waals surface area contributed by atoms with E-state index in [-0.39, 0.29) is 10.6 Å². The molecule has 1 saturated heterocycles. The third-order valence-electron chi connectivity index (χ3n) is 11.0. The van der Waals surface area contributed by atoms with Crippen LogP contribution < -0.4 is 0 Å². The van der Waals surface area contributed by atoms with E-state index >= 15 is 0 Å². The maximum absolute atomic E-state index is 7.22. The molecule has 3 atom stereocenters. The van der Waals surface area contributed by atoms with E-state index in [4.69, 9.17) is 4.43 Å². The van der Waals surface area contributed by atoms with E-state index in [1.165, 1.54) is 68.5 Å². The molecule has 0 spiro atoms. The van der Waals surface area contributed by atoms with Crippen LogP contribution in [0, 0.1) is 0 Å². The van der Waals surface area contributed by atoms with Crippen molar-refractivity contribution in [3.05, 3.63) is 108 Å². The molecule has 0 saturated carbocycles. The Hall–Kier alpha value is -1.40. The molecule has 0 bridgehead atoms. The number of nitrogens with zero attached hydrogens (tertiary/aromatic N) is 1. The Morgan fingerprint density at radius 3 is 1.32 bits per heavy atom. The Balaban J connectivity index is 1.99. The molecule has 1 unspecified atom stereocenters. The zero-order valence-corrected chi connectivity index (χ0v) is 33.1. The summed E-state index contributed by atoms with van der Waals surface area (Å²) in [6, 6.07) is 34.8. The van der Waals surface area contributed by atoms with Gasteiger partial charge in [-0.2, -0.15) is 0 Å². The van der Waals surface area contributed by atoms with Crippen molar-refractivity contribution >= 4 is 26.7 Å². The molecule has 4 heteroatoms. The second kappa shape index (κ2) is 15.5. The first-order chi connectivity index (χ1) is 21.1. The van der Waals surface area contributed by atoms with Gasteiger partial charge in [0, 0.05) is 0 Å². The Morgan fingerprint density at radius 2 is 1.00 bits per heavy atom. The first-order valence-electron chi connectivity index (χ1n) is 17.7. The van der Waals surface area contributed by atoms with Crippen LogP contribution in [0.3, 0.4) is 0 Å². The van der Waals surface area contributed by atoms with Gasteiger partial charge in [0.05, 0.1) is 0 Å². The quantitative estimate of drug-likeness (QED) is 0.0783. The van der Waals surface area contributed by atoms with Gasteiger partial charge in [-0.25, -0.2) is 0 Å². The van der Waals surface area contributed by atoms with Crippen molar-refractivity contribution in [3.8, 4) is 0 Å². The molecule has 1 fully saturated rings. The van der Waals surface area contributed by atoms with Crippen LogP contribution in [-0.4, -0.2) is 48.3 Å². The second-order valence-electron chi connectivity index (χ2n) is 15.0. The van der Waals surface area contributed by atoms with Gasteiger partial charge < -0.3 is 0 Å². The summed E-state index contributed by atoms with van der Waals surface area (Å²) in [6.07, 6.45) is 8.07. The van der Waals surface area contributed by atoms with Crippen LogP contribution in [0.1, 0.15) is 96.8 Å². The number of hydrogen-bond acceptors (Lipinski definition) is 2. The summed E-state index contributed by atoms with van der Waals surface area (Å²) in [5, 5.41) is 0.199. The fourth-order valence-corrected chi connectivity index (χ4v) is 27.9. The van der Waals surface area contributed by atoms with Crippen molar-refractivity contribution in [1.82, 2.24) is 4.90 Å². The van der Waals surface area contributed by atoms with Gasteiger partial charge in [0.1, 0.15) is 0 Å². The van der Waals surface area contributed by atoms with E-state index in [0.29, 0.717) is 10.1 Å². The Morgan fingerprint density at radius 1 is 0.636 bits per heavy atom. The average molecular weight is 719 g/mol. The van der Waals surface area contributed by atoms with Gasteiger partial charge in [-0.05, 0) is 0 Å². The minimum atomic E-state index is -2.77. The molecule has 1 aliphatic rings. The van der Waals surface area contributed by atoms with E-state index in [1.54, 1.807) is 0 Å². The van der Waals surface area contributed by atoms with Gasteiger partial charge in [0.15, 0.2) is 0 Å². The molecule has 3 aromatic rings. The van der Waals surface area contributed by atoms with Crippen LogP contribution in [0.4, 0.5) is 0 Å². The predicted molar refractivity (Wildman–Crippen MR) is 197 cm³/mol. The molecule has 0 aliphatic carbocycles. The van der Waals surface area contributed by atoms with E-state index in [2.05, 4.69) is 151 Å². The van der Waals surface area contributed by atoms with Gasteiger partial charge in [-0.3, -0.25) is 0 Å². The van der Waals surface area contributed by atoms with Crippen LogP contribution in [0.25, 0.3) is 0 Å². The Kier molecular flexibility index (Phi) is 12.5. The summed E-state index contributed by atoms with van der Waals surface area (Å²) in [5.41, 5.74) is 3.82. The number of rotatable bonds is 17. The molecule has 0 aromatic heterocycles. The third kappa shape index (κ3) is 7.42. The zero-order valence-electron chi connectivity index (χ0n) is 29.2. The Bertz CT molecular complexity index is 1140. The fourth-order valence-electron chi connectivity index (χ4n) is 7.51. The molecule has 1 heterocycles. The molecular weight excluding hydrogens is 657 g/mol. The molecule has 44 heavy (non-hydrogen) atoms. The van der Waals surface area contributed by atoms with Crippen molar-refractivity contribution in [2.45, 2.75) is 127 Å². The van der Waals surface area contributed by atoms with E-state index in [9.17, 15) is 0 Å². The van der Waals surface area contributed by atoms with Gasteiger partial charge in [-0.15, -0.1) is 0 Å². The average Bonchev–Trinajstić information content (AvgIpc) is 3.76. The van der Waals surface area contributed by atoms with Crippen LogP contribution in [0.2, 0.25) is 31.4 Å². The zero-order chi connectivity index (χ0) is 31.8. The van der Waals surface area contributed by atoms with Gasteiger partial charge in [-0.1, -0.05) is 0 Å². The molecular formula is C40H61NOSiSn.